The van der Waals surface area contributed by atoms with E-state index in [1.807, 2.05) is 23.5 Å². The lowest BCUT2D eigenvalue weighted by molar-refractivity contribution is -0.109. The van der Waals surface area contributed by atoms with E-state index in [4.69, 9.17) is 0 Å². The highest BCUT2D eigenvalue weighted by molar-refractivity contribution is 8.15. The zero-order chi connectivity index (χ0) is 16.1. The van der Waals surface area contributed by atoms with E-state index in [-0.39, 0.29) is 15.3 Å². The summed E-state index contributed by atoms with van der Waals surface area (Å²) in [6, 6.07) is 0. The first-order valence-corrected chi connectivity index (χ1v) is 11.7. The van der Waals surface area contributed by atoms with Gasteiger partial charge in [-0.25, -0.2) is 0 Å². The Morgan fingerprint density at radius 3 is 1.76 bits per heavy atom. The van der Waals surface area contributed by atoms with E-state index in [9.17, 15) is 14.4 Å². The Bertz CT molecular complexity index is 336. The number of thioether (sulfide) groups is 5. The van der Waals surface area contributed by atoms with Crippen molar-refractivity contribution in [2.45, 2.75) is 26.0 Å². The van der Waals surface area contributed by atoms with Crippen LogP contribution < -0.4 is 0 Å². The van der Waals surface area contributed by atoms with Crippen molar-refractivity contribution < 1.29 is 14.4 Å². The molecule has 0 heterocycles. The van der Waals surface area contributed by atoms with Gasteiger partial charge in [-0.15, -0.1) is 0 Å². The zero-order valence-corrected chi connectivity index (χ0v) is 16.7. The maximum atomic E-state index is 11.1. The van der Waals surface area contributed by atoms with Crippen molar-refractivity contribution in [3.63, 3.8) is 0 Å². The fourth-order valence-electron chi connectivity index (χ4n) is 1.21. The molecule has 0 saturated heterocycles. The average molecular weight is 387 g/mol. The molecule has 8 heteroatoms. The number of hydrogen-bond acceptors (Lipinski definition) is 8. The van der Waals surface area contributed by atoms with Gasteiger partial charge in [0, 0.05) is 60.5 Å². The summed E-state index contributed by atoms with van der Waals surface area (Å²) in [5.41, 5.74) is 0. The third-order valence-corrected chi connectivity index (χ3v) is 7.97. The smallest absolute Gasteiger partial charge is 0.185 e. The molecule has 1 unspecified atom stereocenters. The van der Waals surface area contributed by atoms with Gasteiger partial charge < -0.3 is 0 Å². The molecule has 0 spiro atoms. The molecule has 0 aliphatic heterocycles. The Morgan fingerprint density at radius 1 is 0.714 bits per heavy atom. The zero-order valence-electron chi connectivity index (χ0n) is 12.6. The van der Waals surface area contributed by atoms with E-state index >= 15 is 0 Å². The van der Waals surface area contributed by atoms with Crippen LogP contribution in [-0.2, 0) is 14.4 Å². The second-order valence-corrected chi connectivity index (χ2v) is 10.3. The van der Waals surface area contributed by atoms with Gasteiger partial charge in [0.05, 0.1) is 0 Å². The van der Waals surface area contributed by atoms with Crippen LogP contribution in [0.5, 0.6) is 0 Å². The first-order chi connectivity index (χ1) is 9.91. The van der Waals surface area contributed by atoms with Crippen molar-refractivity contribution in [2.24, 2.45) is 0 Å². The third-order valence-electron chi connectivity index (χ3n) is 2.05. The quantitative estimate of drug-likeness (QED) is 0.499. The lowest BCUT2D eigenvalue weighted by Gasteiger charge is -2.15. The Kier molecular flexibility index (Phi) is 14.9. The Morgan fingerprint density at radius 2 is 1.24 bits per heavy atom. The van der Waals surface area contributed by atoms with Gasteiger partial charge in [0.1, 0.15) is 0 Å². The lowest BCUT2D eigenvalue weighted by Crippen LogP contribution is -2.13. The van der Waals surface area contributed by atoms with E-state index in [2.05, 4.69) is 0 Å². The highest BCUT2D eigenvalue weighted by atomic mass is 32.2. The molecule has 0 aromatic rings. The highest BCUT2D eigenvalue weighted by Crippen LogP contribution is 2.23. The van der Waals surface area contributed by atoms with Gasteiger partial charge in [-0.1, -0.05) is 35.3 Å². The molecule has 21 heavy (non-hydrogen) atoms. The van der Waals surface area contributed by atoms with Crippen LogP contribution in [0.4, 0.5) is 0 Å². The predicted molar refractivity (Wildman–Crippen MR) is 103 cm³/mol. The number of rotatable bonds is 11. The minimum absolute atomic E-state index is 0.149. The first kappa shape index (κ1) is 21.8. The van der Waals surface area contributed by atoms with Crippen LogP contribution in [0.3, 0.4) is 0 Å². The van der Waals surface area contributed by atoms with Crippen molar-refractivity contribution in [2.75, 3.05) is 34.5 Å². The number of carbonyl (C=O) groups excluding carboxylic acids is 3. The molecule has 0 aromatic carbocycles. The molecule has 0 saturated carbocycles. The maximum absolute atomic E-state index is 11.1. The normalized spacial score (nSPS) is 12.1. The van der Waals surface area contributed by atoms with Gasteiger partial charge in [-0.2, -0.15) is 23.5 Å². The molecule has 0 amide bonds. The van der Waals surface area contributed by atoms with Gasteiger partial charge in [-0.3, -0.25) is 14.4 Å². The fourth-order valence-corrected chi connectivity index (χ4v) is 6.14. The van der Waals surface area contributed by atoms with Gasteiger partial charge in [0.15, 0.2) is 15.3 Å². The Hall–Kier alpha value is 0.760. The molecular weight excluding hydrogens is 364 g/mol. The van der Waals surface area contributed by atoms with Gasteiger partial charge >= 0.3 is 0 Å². The average Bonchev–Trinajstić information content (AvgIpc) is 2.38. The molecular formula is C13H22O3S5. The summed E-state index contributed by atoms with van der Waals surface area (Å²) >= 11 is 7.73. The Balaban J connectivity index is 3.87. The van der Waals surface area contributed by atoms with Crippen molar-refractivity contribution >= 4 is 74.2 Å². The first-order valence-electron chi connectivity index (χ1n) is 6.51. The summed E-state index contributed by atoms with van der Waals surface area (Å²) in [6.45, 7) is 4.76. The van der Waals surface area contributed by atoms with Crippen LogP contribution >= 0.6 is 58.8 Å². The molecule has 0 aromatic heterocycles. The van der Waals surface area contributed by atoms with Gasteiger partial charge in [0.2, 0.25) is 0 Å². The topological polar surface area (TPSA) is 51.2 Å². The SMILES string of the molecule is CC(=O)SCCSCC(CSC(C)=O)SCCSC(C)=O. The van der Waals surface area contributed by atoms with Crippen LogP contribution in [0.2, 0.25) is 0 Å². The summed E-state index contributed by atoms with van der Waals surface area (Å²) < 4.78 is 0. The maximum Gasteiger partial charge on any atom is 0.185 e. The molecule has 3 nitrogen and oxygen atoms in total. The van der Waals surface area contributed by atoms with Crippen LogP contribution in [0, 0.1) is 0 Å². The van der Waals surface area contributed by atoms with Crippen LogP contribution in [0.1, 0.15) is 20.8 Å². The van der Waals surface area contributed by atoms with Crippen LogP contribution in [0.15, 0.2) is 0 Å². The monoisotopic (exact) mass is 386 g/mol. The molecule has 0 aliphatic carbocycles. The summed E-state index contributed by atoms with van der Waals surface area (Å²) in [4.78, 5) is 32.8. The molecule has 0 bridgehead atoms. The number of carbonyl (C=O) groups is 3. The summed E-state index contributed by atoms with van der Waals surface area (Å²) in [5, 5.41) is 0.880. The fraction of sp³-hybridized carbons (Fsp3) is 0.769. The van der Waals surface area contributed by atoms with E-state index in [1.54, 1.807) is 20.8 Å². The van der Waals surface area contributed by atoms with E-state index in [0.717, 1.165) is 34.5 Å². The molecule has 122 valence electrons. The van der Waals surface area contributed by atoms with Crippen molar-refractivity contribution in [1.82, 2.24) is 0 Å². The van der Waals surface area contributed by atoms with Crippen LogP contribution in [-0.4, -0.2) is 55.1 Å². The summed E-state index contributed by atoms with van der Waals surface area (Å²) in [7, 11) is 0. The molecule has 0 fully saturated rings. The molecule has 0 aliphatic rings. The van der Waals surface area contributed by atoms with E-state index < -0.39 is 0 Å². The van der Waals surface area contributed by atoms with Crippen molar-refractivity contribution in [3.05, 3.63) is 0 Å². The molecule has 1 atom stereocenters. The van der Waals surface area contributed by atoms with Gasteiger partial charge in [-0.05, 0) is 0 Å². The Labute approximate surface area is 148 Å². The minimum atomic E-state index is 0.149. The third kappa shape index (κ3) is 17.0. The van der Waals surface area contributed by atoms with E-state index in [1.165, 1.54) is 35.3 Å². The molecule has 0 radical (unpaired) electrons. The highest BCUT2D eigenvalue weighted by Gasteiger charge is 2.11. The molecule has 0 N–H and O–H groups in total. The summed E-state index contributed by atoms with van der Waals surface area (Å²) in [5.74, 6) is 5.35. The second-order valence-electron chi connectivity index (χ2n) is 4.05. The summed E-state index contributed by atoms with van der Waals surface area (Å²) in [6.07, 6.45) is 0. The number of hydrogen-bond donors (Lipinski definition) is 0. The largest absolute Gasteiger partial charge is 0.288 e. The van der Waals surface area contributed by atoms with Crippen molar-refractivity contribution in [3.8, 4) is 0 Å². The predicted octanol–water partition coefficient (Wildman–Crippen LogP) is 3.66. The van der Waals surface area contributed by atoms with E-state index in [0.29, 0.717) is 5.25 Å². The van der Waals surface area contributed by atoms with Crippen LogP contribution in [0.25, 0.3) is 0 Å². The van der Waals surface area contributed by atoms with Gasteiger partial charge in [0.25, 0.3) is 0 Å². The lowest BCUT2D eigenvalue weighted by atomic mass is 10.5. The second kappa shape index (κ2) is 14.4. The molecule has 0 rings (SSSR count). The van der Waals surface area contributed by atoms with Crippen molar-refractivity contribution in [1.29, 1.82) is 0 Å². The standard InChI is InChI=1S/C13H22O3S5/c1-10(14)18-5-4-17-8-13(9-21-12(3)16)20-7-6-19-11(2)15/h13H,4-9H2,1-3H3. The minimum Gasteiger partial charge on any atom is -0.288 e.